The van der Waals surface area contributed by atoms with Crippen molar-refractivity contribution in [3.63, 3.8) is 0 Å². The third-order valence-corrected chi connectivity index (χ3v) is 4.99. The van der Waals surface area contributed by atoms with Crippen LogP contribution < -0.4 is 16.6 Å². The molecule has 1 N–H and O–H groups in total. The van der Waals surface area contributed by atoms with E-state index in [0.29, 0.717) is 35.8 Å². The number of hydrogen-bond acceptors (Lipinski definition) is 5. The van der Waals surface area contributed by atoms with Gasteiger partial charge in [0.15, 0.2) is 0 Å². The zero-order valence-corrected chi connectivity index (χ0v) is 18.1. The van der Waals surface area contributed by atoms with Gasteiger partial charge in [-0.25, -0.2) is 4.79 Å². The Balaban J connectivity index is 2.11. The van der Waals surface area contributed by atoms with Gasteiger partial charge in [0.2, 0.25) is 5.69 Å². The van der Waals surface area contributed by atoms with Crippen molar-refractivity contribution in [1.29, 1.82) is 0 Å². The molecule has 0 fully saturated rings. The van der Waals surface area contributed by atoms with Gasteiger partial charge in [0, 0.05) is 25.3 Å². The number of carbonyl (C=O) groups is 1. The van der Waals surface area contributed by atoms with Crippen molar-refractivity contribution in [3.05, 3.63) is 91.2 Å². The number of aromatic nitrogens is 3. The smallest absolute Gasteiger partial charge is 0.352 e. The number of benzene rings is 2. The van der Waals surface area contributed by atoms with E-state index in [-0.39, 0.29) is 12.2 Å². The Labute approximate surface area is 184 Å². The van der Waals surface area contributed by atoms with E-state index >= 15 is 0 Å². The van der Waals surface area contributed by atoms with Crippen LogP contribution in [0.15, 0.2) is 58.1 Å². The summed E-state index contributed by atoms with van der Waals surface area (Å²) >= 11 is 6.23. The largest absolute Gasteiger partial charge is 0.385 e. The first-order valence-electron chi connectivity index (χ1n) is 9.74. The predicted octanol–water partition coefficient (Wildman–Crippen LogP) is 2.17. The summed E-state index contributed by atoms with van der Waals surface area (Å²) < 4.78 is 7.00. The molecule has 162 valence electrons. The van der Waals surface area contributed by atoms with Crippen LogP contribution in [0.25, 0.3) is 5.69 Å². The molecule has 0 aliphatic rings. The van der Waals surface area contributed by atoms with Crippen LogP contribution in [0.4, 0.5) is 0 Å². The Morgan fingerprint density at radius 1 is 1.16 bits per heavy atom. The molecule has 9 heteroatoms. The van der Waals surface area contributed by atoms with Crippen LogP contribution in [0.5, 0.6) is 0 Å². The number of rotatable bonds is 8. The van der Waals surface area contributed by atoms with Crippen molar-refractivity contribution in [2.24, 2.45) is 0 Å². The summed E-state index contributed by atoms with van der Waals surface area (Å²) in [5.74, 6) is -0.657. The van der Waals surface area contributed by atoms with Crippen LogP contribution in [0.1, 0.15) is 28.0 Å². The molecule has 8 nitrogen and oxygen atoms in total. The number of hydrogen-bond donors (Lipinski definition) is 1. The molecule has 2 aromatic carbocycles. The lowest BCUT2D eigenvalue weighted by molar-refractivity contribution is 0.0938. The van der Waals surface area contributed by atoms with Crippen LogP contribution in [0.3, 0.4) is 0 Å². The first-order chi connectivity index (χ1) is 14.9. The molecule has 0 unspecified atom stereocenters. The maximum atomic E-state index is 13.2. The fraction of sp³-hybridized carbons (Fsp3) is 0.273. The maximum Gasteiger partial charge on any atom is 0.352 e. The third kappa shape index (κ3) is 5.28. The van der Waals surface area contributed by atoms with Gasteiger partial charge in [-0.05, 0) is 42.7 Å². The molecule has 3 aromatic rings. The Hall–Kier alpha value is -3.23. The quantitative estimate of drug-likeness (QED) is 0.539. The van der Waals surface area contributed by atoms with E-state index in [1.165, 1.54) is 0 Å². The fourth-order valence-corrected chi connectivity index (χ4v) is 3.22. The number of aryl methyl sites for hydroxylation is 1. The van der Waals surface area contributed by atoms with Crippen LogP contribution in [-0.4, -0.2) is 40.5 Å². The van der Waals surface area contributed by atoms with Gasteiger partial charge in [0.05, 0.1) is 12.2 Å². The molecule has 0 radical (unpaired) electrons. The predicted molar refractivity (Wildman–Crippen MR) is 118 cm³/mol. The van der Waals surface area contributed by atoms with E-state index in [9.17, 15) is 14.4 Å². The minimum Gasteiger partial charge on any atom is -0.385 e. The average molecular weight is 443 g/mol. The van der Waals surface area contributed by atoms with Crippen LogP contribution >= 0.6 is 11.6 Å². The van der Waals surface area contributed by atoms with Crippen molar-refractivity contribution < 1.29 is 9.53 Å². The van der Waals surface area contributed by atoms with Crippen molar-refractivity contribution in [3.8, 4) is 5.69 Å². The van der Waals surface area contributed by atoms with E-state index in [4.69, 9.17) is 16.3 Å². The summed E-state index contributed by atoms with van der Waals surface area (Å²) in [5, 5.41) is 7.17. The molecule has 1 aromatic heterocycles. The second-order valence-electron chi connectivity index (χ2n) is 6.97. The maximum absolute atomic E-state index is 13.2. The monoisotopic (exact) mass is 442 g/mol. The number of halogens is 1. The van der Waals surface area contributed by atoms with Crippen molar-refractivity contribution in [1.82, 2.24) is 19.7 Å². The fourth-order valence-electron chi connectivity index (χ4n) is 3.02. The van der Waals surface area contributed by atoms with Gasteiger partial charge in [0.25, 0.3) is 11.5 Å². The summed E-state index contributed by atoms with van der Waals surface area (Å²) in [5.41, 5.74) is 0.124. The molecule has 0 saturated heterocycles. The number of carbonyl (C=O) groups excluding carboxylic acids is 1. The molecule has 0 bridgehead atoms. The zero-order chi connectivity index (χ0) is 22.4. The molecule has 0 atom stereocenters. The lowest BCUT2D eigenvalue weighted by atomic mass is 10.2. The summed E-state index contributed by atoms with van der Waals surface area (Å²) in [6.45, 7) is 2.56. The van der Waals surface area contributed by atoms with Gasteiger partial charge in [-0.1, -0.05) is 41.9 Å². The highest BCUT2D eigenvalue weighted by molar-refractivity contribution is 6.31. The molecule has 3 rings (SSSR count). The van der Waals surface area contributed by atoms with Gasteiger partial charge in [-0.2, -0.15) is 9.78 Å². The van der Waals surface area contributed by atoms with Gasteiger partial charge in [-0.3, -0.25) is 14.2 Å². The minimum atomic E-state index is -0.780. The SMILES string of the molecule is COCCCNC(=O)c1nn(-c2cccc(C)c2)c(=O)n(Cc2ccccc2Cl)c1=O. The first-order valence-corrected chi connectivity index (χ1v) is 10.1. The molecule has 1 amide bonds. The molecule has 31 heavy (non-hydrogen) atoms. The highest BCUT2D eigenvalue weighted by Crippen LogP contribution is 2.15. The van der Waals surface area contributed by atoms with E-state index in [0.717, 1.165) is 14.8 Å². The Morgan fingerprint density at radius 2 is 1.94 bits per heavy atom. The first kappa shape index (κ1) is 22.5. The third-order valence-electron chi connectivity index (χ3n) is 4.62. The van der Waals surface area contributed by atoms with Crippen molar-refractivity contribution in [2.75, 3.05) is 20.3 Å². The molecular formula is C22H23ClN4O4. The number of nitrogens with zero attached hydrogens (tertiary/aromatic N) is 3. The number of ether oxygens (including phenoxy) is 1. The Bertz CT molecular complexity index is 1200. The van der Waals surface area contributed by atoms with Gasteiger partial charge >= 0.3 is 5.69 Å². The van der Waals surface area contributed by atoms with Gasteiger partial charge in [-0.15, -0.1) is 0 Å². The van der Waals surface area contributed by atoms with Crippen molar-refractivity contribution in [2.45, 2.75) is 19.9 Å². The van der Waals surface area contributed by atoms with Crippen LogP contribution in [0, 0.1) is 6.92 Å². The summed E-state index contributed by atoms with van der Waals surface area (Å²) in [7, 11) is 1.56. The molecule has 1 heterocycles. The Kier molecular flexibility index (Phi) is 7.38. The highest BCUT2D eigenvalue weighted by Gasteiger charge is 2.20. The number of nitrogens with one attached hydrogen (secondary N) is 1. The second-order valence-corrected chi connectivity index (χ2v) is 7.37. The number of amides is 1. The average Bonchev–Trinajstić information content (AvgIpc) is 2.75. The molecular weight excluding hydrogens is 420 g/mol. The van der Waals surface area contributed by atoms with E-state index < -0.39 is 17.2 Å². The molecule has 0 saturated carbocycles. The van der Waals surface area contributed by atoms with E-state index in [1.807, 2.05) is 13.0 Å². The molecule has 0 spiro atoms. The van der Waals surface area contributed by atoms with Gasteiger partial charge in [0.1, 0.15) is 0 Å². The summed E-state index contributed by atoms with van der Waals surface area (Å²) in [6, 6.07) is 14.0. The highest BCUT2D eigenvalue weighted by atomic mass is 35.5. The van der Waals surface area contributed by atoms with Crippen LogP contribution in [0.2, 0.25) is 5.02 Å². The summed E-state index contributed by atoms with van der Waals surface area (Å²) in [6.07, 6.45) is 0.577. The molecule has 0 aliphatic carbocycles. The lowest BCUT2D eigenvalue weighted by Crippen LogP contribution is -2.46. The Morgan fingerprint density at radius 3 is 2.65 bits per heavy atom. The zero-order valence-electron chi connectivity index (χ0n) is 17.3. The lowest BCUT2D eigenvalue weighted by Gasteiger charge is -2.13. The normalized spacial score (nSPS) is 10.8. The van der Waals surface area contributed by atoms with Gasteiger partial charge < -0.3 is 10.1 Å². The van der Waals surface area contributed by atoms with E-state index in [1.54, 1.807) is 49.6 Å². The molecule has 0 aliphatic heterocycles. The van der Waals surface area contributed by atoms with Crippen molar-refractivity contribution >= 4 is 17.5 Å². The number of methoxy groups -OCH3 is 1. The van der Waals surface area contributed by atoms with Crippen LogP contribution in [-0.2, 0) is 11.3 Å². The second kappa shape index (κ2) is 10.2. The summed E-state index contributed by atoms with van der Waals surface area (Å²) in [4.78, 5) is 38.9. The topological polar surface area (TPSA) is 95.2 Å². The standard InChI is InChI=1S/C22H23ClN4O4/c1-15-7-5-9-17(13-15)27-22(30)26(14-16-8-3-4-10-18(16)23)21(29)19(25-27)20(28)24-11-6-12-31-2/h3-5,7-10,13H,6,11-12,14H2,1-2H3,(H,24,28). The van der Waals surface area contributed by atoms with E-state index in [2.05, 4.69) is 10.4 Å². The minimum absolute atomic E-state index is 0.0877.